The van der Waals surface area contributed by atoms with E-state index < -0.39 is 0 Å². The molecule has 1 rings (SSSR count). The highest BCUT2D eigenvalue weighted by atomic mass is 16.1. The molecule has 0 amide bonds. The van der Waals surface area contributed by atoms with Crippen LogP contribution in [-0.2, 0) is 4.79 Å². The summed E-state index contributed by atoms with van der Waals surface area (Å²) in [6.07, 6.45) is 15.9. The first-order valence-corrected chi connectivity index (χ1v) is 8.70. The summed E-state index contributed by atoms with van der Waals surface area (Å²) in [5.41, 5.74) is 6.90. The SMILES string of the molecule is CCC(/C=C/C(C)=C/C=O)=C(C)\C=C\C1=C(C)CCCC1(C)C. The molecule has 0 spiro atoms. The quantitative estimate of drug-likeness (QED) is 0.311. The van der Waals surface area contributed by atoms with Gasteiger partial charge in [0.05, 0.1) is 0 Å². The molecule has 126 valence electrons. The summed E-state index contributed by atoms with van der Waals surface area (Å²) in [7, 11) is 0. The van der Waals surface area contributed by atoms with E-state index in [2.05, 4.69) is 52.8 Å². The third-order valence-electron chi connectivity index (χ3n) is 4.81. The van der Waals surface area contributed by atoms with Crippen molar-refractivity contribution in [2.45, 2.75) is 67.2 Å². The van der Waals surface area contributed by atoms with E-state index >= 15 is 0 Å². The van der Waals surface area contributed by atoms with Gasteiger partial charge in [-0.1, -0.05) is 50.6 Å². The monoisotopic (exact) mass is 312 g/mol. The van der Waals surface area contributed by atoms with Crippen molar-refractivity contribution in [3.8, 4) is 0 Å². The largest absolute Gasteiger partial charge is 0.299 e. The van der Waals surface area contributed by atoms with Gasteiger partial charge in [0.15, 0.2) is 0 Å². The molecule has 0 aromatic rings. The molecule has 0 radical (unpaired) electrons. The fourth-order valence-electron chi connectivity index (χ4n) is 3.25. The van der Waals surface area contributed by atoms with Gasteiger partial charge in [-0.15, -0.1) is 0 Å². The summed E-state index contributed by atoms with van der Waals surface area (Å²) in [4.78, 5) is 10.5. The van der Waals surface area contributed by atoms with Crippen molar-refractivity contribution < 1.29 is 4.79 Å². The molecule has 0 aromatic carbocycles. The number of hydrogen-bond acceptors (Lipinski definition) is 1. The number of hydrogen-bond donors (Lipinski definition) is 0. The van der Waals surface area contributed by atoms with Crippen LogP contribution >= 0.6 is 0 Å². The van der Waals surface area contributed by atoms with Crippen molar-refractivity contribution in [1.29, 1.82) is 0 Å². The lowest BCUT2D eigenvalue weighted by atomic mass is 9.72. The normalized spacial score (nSPS) is 20.3. The van der Waals surface area contributed by atoms with Crippen molar-refractivity contribution in [2.75, 3.05) is 0 Å². The Morgan fingerprint density at radius 1 is 1.17 bits per heavy atom. The minimum atomic E-state index is 0.282. The summed E-state index contributed by atoms with van der Waals surface area (Å²) in [6, 6.07) is 0. The second-order valence-corrected chi connectivity index (χ2v) is 7.21. The van der Waals surface area contributed by atoms with Crippen LogP contribution in [0.4, 0.5) is 0 Å². The first-order valence-electron chi connectivity index (χ1n) is 8.70. The maximum absolute atomic E-state index is 10.5. The summed E-state index contributed by atoms with van der Waals surface area (Å²) in [5.74, 6) is 0. The highest BCUT2D eigenvalue weighted by Crippen LogP contribution is 2.40. The molecule has 0 saturated carbocycles. The summed E-state index contributed by atoms with van der Waals surface area (Å²) >= 11 is 0. The third kappa shape index (κ3) is 5.82. The topological polar surface area (TPSA) is 17.1 Å². The van der Waals surface area contributed by atoms with Crippen LogP contribution in [0.2, 0.25) is 0 Å². The van der Waals surface area contributed by atoms with Gasteiger partial charge < -0.3 is 0 Å². The van der Waals surface area contributed by atoms with E-state index in [4.69, 9.17) is 0 Å². The van der Waals surface area contributed by atoms with Gasteiger partial charge >= 0.3 is 0 Å². The molecule has 0 fully saturated rings. The predicted molar refractivity (Wildman–Crippen MR) is 101 cm³/mol. The fraction of sp³-hybridized carbons (Fsp3) is 0.500. The molecule has 1 aliphatic rings. The van der Waals surface area contributed by atoms with Crippen molar-refractivity contribution in [1.82, 2.24) is 0 Å². The number of rotatable bonds is 6. The van der Waals surface area contributed by atoms with Crippen molar-refractivity contribution in [3.05, 3.63) is 58.2 Å². The highest BCUT2D eigenvalue weighted by Gasteiger charge is 2.26. The summed E-state index contributed by atoms with van der Waals surface area (Å²) in [5, 5.41) is 0. The number of allylic oxidation sites excluding steroid dienone is 10. The molecule has 23 heavy (non-hydrogen) atoms. The Hall–Kier alpha value is -1.63. The first-order chi connectivity index (χ1) is 10.8. The lowest BCUT2D eigenvalue weighted by molar-refractivity contribution is -0.104. The third-order valence-corrected chi connectivity index (χ3v) is 4.81. The Morgan fingerprint density at radius 3 is 2.43 bits per heavy atom. The standard InChI is InChI=1S/C22H32O/c1-7-20(12-10-17(2)14-16-23)18(3)11-13-21-19(4)9-8-15-22(21,5)6/h10-14,16H,7-9,15H2,1-6H3/b12-10+,13-11+,17-14+,20-18+. The van der Waals surface area contributed by atoms with E-state index in [1.54, 1.807) is 6.08 Å². The molecule has 0 heterocycles. The molecule has 0 aromatic heterocycles. The molecule has 0 aliphatic heterocycles. The van der Waals surface area contributed by atoms with E-state index in [-0.39, 0.29) is 5.41 Å². The molecule has 1 aliphatic carbocycles. The van der Waals surface area contributed by atoms with Gasteiger partial charge in [-0.25, -0.2) is 0 Å². The zero-order chi connectivity index (χ0) is 17.5. The van der Waals surface area contributed by atoms with Gasteiger partial charge in [0, 0.05) is 0 Å². The lowest BCUT2D eigenvalue weighted by Gasteiger charge is -2.33. The Bertz CT molecular complexity index is 577. The molecule has 1 heteroatoms. The number of aldehydes is 1. The molecular weight excluding hydrogens is 280 g/mol. The van der Waals surface area contributed by atoms with Crippen LogP contribution in [0.3, 0.4) is 0 Å². The van der Waals surface area contributed by atoms with Gasteiger partial charge in [-0.05, 0) is 80.2 Å². The highest BCUT2D eigenvalue weighted by molar-refractivity contribution is 5.67. The fourth-order valence-corrected chi connectivity index (χ4v) is 3.25. The average molecular weight is 312 g/mol. The van der Waals surface area contributed by atoms with Gasteiger partial charge in [0.25, 0.3) is 0 Å². The molecule has 0 unspecified atom stereocenters. The lowest BCUT2D eigenvalue weighted by Crippen LogP contribution is -2.19. The van der Waals surface area contributed by atoms with E-state index in [1.165, 1.54) is 41.6 Å². The van der Waals surface area contributed by atoms with E-state index in [0.717, 1.165) is 18.3 Å². The van der Waals surface area contributed by atoms with Crippen LogP contribution in [-0.4, -0.2) is 6.29 Å². The van der Waals surface area contributed by atoms with Crippen LogP contribution in [0.1, 0.15) is 67.2 Å². The van der Waals surface area contributed by atoms with Gasteiger partial charge in [0.2, 0.25) is 0 Å². The van der Waals surface area contributed by atoms with Gasteiger partial charge in [0.1, 0.15) is 6.29 Å². The molecule has 0 N–H and O–H groups in total. The Labute approximate surface area is 142 Å². The van der Waals surface area contributed by atoms with Crippen LogP contribution in [0.5, 0.6) is 0 Å². The Morgan fingerprint density at radius 2 is 1.87 bits per heavy atom. The van der Waals surface area contributed by atoms with E-state index in [0.29, 0.717) is 0 Å². The number of carbonyl (C=O) groups excluding carboxylic acids is 1. The van der Waals surface area contributed by atoms with Gasteiger partial charge in [-0.3, -0.25) is 4.79 Å². The summed E-state index contributed by atoms with van der Waals surface area (Å²) in [6.45, 7) is 13.3. The van der Waals surface area contributed by atoms with Crippen molar-refractivity contribution >= 4 is 6.29 Å². The average Bonchev–Trinajstić information content (AvgIpc) is 2.47. The minimum Gasteiger partial charge on any atom is -0.299 e. The van der Waals surface area contributed by atoms with Crippen LogP contribution in [0.15, 0.2) is 58.2 Å². The zero-order valence-electron chi connectivity index (χ0n) is 15.7. The second kappa shape index (κ2) is 8.86. The van der Waals surface area contributed by atoms with Crippen LogP contribution in [0.25, 0.3) is 0 Å². The predicted octanol–water partition coefficient (Wildman–Crippen LogP) is 6.50. The van der Waals surface area contributed by atoms with E-state index in [9.17, 15) is 4.79 Å². The minimum absolute atomic E-state index is 0.282. The van der Waals surface area contributed by atoms with Crippen LogP contribution < -0.4 is 0 Å². The smallest absolute Gasteiger partial charge is 0.143 e. The Kier molecular flexibility index (Phi) is 7.48. The van der Waals surface area contributed by atoms with Gasteiger partial charge in [-0.2, -0.15) is 0 Å². The van der Waals surface area contributed by atoms with Crippen LogP contribution in [0, 0.1) is 5.41 Å². The molecule has 0 saturated heterocycles. The molecule has 0 bridgehead atoms. The number of carbonyl (C=O) groups is 1. The maximum Gasteiger partial charge on any atom is 0.143 e. The van der Waals surface area contributed by atoms with E-state index in [1.807, 2.05) is 13.0 Å². The second-order valence-electron chi connectivity index (χ2n) is 7.21. The molecular formula is C22H32O. The molecule has 0 atom stereocenters. The van der Waals surface area contributed by atoms with Crippen molar-refractivity contribution in [2.24, 2.45) is 5.41 Å². The molecule has 1 nitrogen and oxygen atoms in total. The first kappa shape index (κ1) is 19.4. The maximum atomic E-state index is 10.5. The Balaban J connectivity index is 3.04. The summed E-state index contributed by atoms with van der Waals surface area (Å²) < 4.78 is 0. The zero-order valence-corrected chi connectivity index (χ0v) is 15.7. The van der Waals surface area contributed by atoms with Crippen molar-refractivity contribution in [3.63, 3.8) is 0 Å².